The van der Waals surface area contributed by atoms with Gasteiger partial charge in [-0.15, -0.1) is 0 Å². The number of aliphatic hydroxyl groups is 1. The van der Waals surface area contributed by atoms with Crippen molar-refractivity contribution in [2.75, 3.05) is 27.4 Å². The summed E-state index contributed by atoms with van der Waals surface area (Å²) in [5, 5.41) is 11.0. The standard InChI is InChI=1S/C24H25NO6/c1-29-18-11-10-16(13-19(18)30-2)21-20(22(26)15-7-4-3-5-8-15)23(27)24(28)25(21)14-17-9-6-12-31-17/h3-5,7-8,10-11,13,17,21,26H,6,9,12,14H2,1-2H3/b22-20+/t17-,21-/m1/s1. The van der Waals surface area contributed by atoms with Crippen LogP contribution in [0.2, 0.25) is 0 Å². The van der Waals surface area contributed by atoms with E-state index in [0.717, 1.165) is 12.8 Å². The third-order valence-corrected chi connectivity index (χ3v) is 5.73. The largest absolute Gasteiger partial charge is 0.507 e. The Labute approximate surface area is 180 Å². The van der Waals surface area contributed by atoms with Crippen LogP contribution in [0.15, 0.2) is 54.1 Å². The van der Waals surface area contributed by atoms with E-state index >= 15 is 0 Å². The number of nitrogens with zero attached hydrogens (tertiary/aromatic N) is 1. The number of rotatable bonds is 6. The molecule has 2 saturated heterocycles. The minimum atomic E-state index is -0.760. The zero-order valence-corrected chi connectivity index (χ0v) is 17.5. The van der Waals surface area contributed by atoms with Gasteiger partial charge in [0.15, 0.2) is 11.5 Å². The molecule has 162 valence electrons. The Balaban J connectivity index is 1.85. The summed E-state index contributed by atoms with van der Waals surface area (Å²) in [7, 11) is 3.06. The molecule has 2 aliphatic rings. The minimum absolute atomic E-state index is 0.0569. The number of ketones is 1. The average Bonchev–Trinajstić information content (AvgIpc) is 3.41. The van der Waals surface area contributed by atoms with Crippen molar-refractivity contribution < 1.29 is 28.9 Å². The van der Waals surface area contributed by atoms with Crippen LogP contribution in [0.5, 0.6) is 11.5 Å². The lowest BCUT2D eigenvalue weighted by Crippen LogP contribution is -2.36. The first-order chi connectivity index (χ1) is 15.0. The number of likely N-dealkylation sites (tertiary alicyclic amines) is 1. The summed E-state index contributed by atoms with van der Waals surface area (Å²) in [6.07, 6.45) is 1.59. The highest BCUT2D eigenvalue weighted by molar-refractivity contribution is 6.46. The molecule has 0 spiro atoms. The van der Waals surface area contributed by atoms with Crippen molar-refractivity contribution in [3.63, 3.8) is 0 Å². The number of amides is 1. The summed E-state index contributed by atoms with van der Waals surface area (Å²) in [5.41, 5.74) is 1.18. The molecule has 4 rings (SSSR count). The molecule has 7 nitrogen and oxygen atoms in total. The van der Waals surface area contributed by atoms with Crippen molar-refractivity contribution in [2.45, 2.75) is 25.0 Å². The molecule has 1 N–H and O–H groups in total. The Hall–Kier alpha value is -3.32. The molecule has 2 heterocycles. The van der Waals surface area contributed by atoms with Crippen LogP contribution in [-0.4, -0.2) is 55.2 Å². The van der Waals surface area contributed by atoms with E-state index < -0.39 is 17.7 Å². The van der Waals surface area contributed by atoms with Gasteiger partial charge < -0.3 is 24.2 Å². The van der Waals surface area contributed by atoms with Gasteiger partial charge in [0.1, 0.15) is 5.76 Å². The minimum Gasteiger partial charge on any atom is -0.507 e. The Morgan fingerprint density at radius 2 is 1.84 bits per heavy atom. The molecule has 2 aromatic rings. The maximum absolute atomic E-state index is 13.1. The first kappa shape index (κ1) is 20.9. The van der Waals surface area contributed by atoms with Gasteiger partial charge in [-0.05, 0) is 30.5 Å². The monoisotopic (exact) mass is 423 g/mol. The van der Waals surface area contributed by atoms with Gasteiger partial charge in [0, 0.05) is 18.7 Å². The van der Waals surface area contributed by atoms with Gasteiger partial charge in [-0.3, -0.25) is 9.59 Å². The molecule has 0 aliphatic carbocycles. The second-order valence-electron chi connectivity index (χ2n) is 7.57. The molecule has 2 atom stereocenters. The predicted octanol–water partition coefficient (Wildman–Crippen LogP) is 3.30. The molecule has 0 radical (unpaired) electrons. The lowest BCUT2D eigenvalue weighted by atomic mass is 9.95. The Bertz CT molecular complexity index is 1010. The lowest BCUT2D eigenvalue weighted by molar-refractivity contribution is -0.140. The van der Waals surface area contributed by atoms with Gasteiger partial charge in [0.2, 0.25) is 0 Å². The quantitative estimate of drug-likeness (QED) is 0.436. The Morgan fingerprint density at radius 1 is 1.10 bits per heavy atom. The molecule has 0 bridgehead atoms. The third-order valence-electron chi connectivity index (χ3n) is 5.73. The number of benzene rings is 2. The Morgan fingerprint density at radius 3 is 2.48 bits per heavy atom. The van der Waals surface area contributed by atoms with Crippen molar-refractivity contribution in [3.05, 3.63) is 65.2 Å². The first-order valence-electron chi connectivity index (χ1n) is 10.2. The highest BCUT2D eigenvalue weighted by Gasteiger charge is 2.47. The average molecular weight is 423 g/mol. The van der Waals surface area contributed by atoms with E-state index in [-0.39, 0.29) is 24.0 Å². The number of hydrogen-bond donors (Lipinski definition) is 1. The van der Waals surface area contributed by atoms with E-state index in [0.29, 0.717) is 29.2 Å². The zero-order chi connectivity index (χ0) is 22.0. The van der Waals surface area contributed by atoms with Crippen LogP contribution in [0.25, 0.3) is 5.76 Å². The topological polar surface area (TPSA) is 85.3 Å². The van der Waals surface area contributed by atoms with E-state index in [9.17, 15) is 14.7 Å². The van der Waals surface area contributed by atoms with E-state index in [1.54, 1.807) is 42.5 Å². The van der Waals surface area contributed by atoms with Crippen molar-refractivity contribution >= 4 is 17.4 Å². The first-order valence-corrected chi connectivity index (χ1v) is 10.2. The summed E-state index contributed by atoms with van der Waals surface area (Å²) in [6, 6.07) is 13.2. The van der Waals surface area contributed by atoms with Gasteiger partial charge in [-0.2, -0.15) is 0 Å². The molecule has 0 unspecified atom stereocenters. The summed E-state index contributed by atoms with van der Waals surface area (Å²) in [5.74, 6) is -0.548. The third kappa shape index (κ3) is 3.88. The lowest BCUT2D eigenvalue weighted by Gasteiger charge is -2.28. The van der Waals surface area contributed by atoms with Crippen LogP contribution in [0.3, 0.4) is 0 Å². The van der Waals surface area contributed by atoms with Crippen molar-refractivity contribution in [3.8, 4) is 11.5 Å². The van der Waals surface area contributed by atoms with Crippen LogP contribution < -0.4 is 9.47 Å². The molecule has 0 saturated carbocycles. The number of aliphatic hydroxyl groups excluding tert-OH is 1. The number of Topliss-reactive ketones (excluding diaryl/α,β-unsaturated/α-hetero) is 1. The van der Waals surface area contributed by atoms with Gasteiger partial charge in [-0.25, -0.2) is 0 Å². The summed E-state index contributed by atoms with van der Waals surface area (Å²) < 4.78 is 16.5. The van der Waals surface area contributed by atoms with Gasteiger partial charge in [0.25, 0.3) is 11.7 Å². The molecule has 2 aliphatic heterocycles. The van der Waals surface area contributed by atoms with Crippen LogP contribution in [0.1, 0.15) is 30.0 Å². The fourth-order valence-electron chi connectivity index (χ4n) is 4.20. The maximum Gasteiger partial charge on any atom is 0.295 e. The SMILES string of the molecule is COc1ccc([C@@H]2/C(=C(\O)c3ccccc3)C(=O)C(=O)N2C[C@H]2CCCO2)cc1OC. The number of carbonyl (C=O) groups excluding carboxylic acids is 2. The molecular weight excluding hydrogens is 398 g/mol. The number of hydrogen-bond acceptors (Lipinski definition) is 6. The zero-order valence-electron chi connectivity index (χ0n) is 17.5. The molecule has 2 aromatic carbocycles. The number of methoxy groups -OCH3 is 2. The van der Waals surface area contributed by atoms with Gasteiger partial charge >= 0.3 is 0 Å². The molecule has 2 fully saturated rings. The normalized spacial score (nSPS) is 22.7. The fraction of sp³-hybridized carbons (Fsp3) is 0.333. The van der Waals surface area contributed by atoms with Crippen LogP contribution in [0, 0.1) is 0 Å². The highest BCUT2D eigenvalue weighted by Crippen LogP contribution is 2.42. The van der Waals surface area contributed by atoms with Crippen molar-refractivity contribution in [1.29, 1.82) is 0 Å². The van der Waals surface area contributed by atoms with E-state index in [2.05, 4.69) is 0 Å². The second kappa shape index (κ2) is 8.81. The van der Waals surface area contributed by atoms with Crippen LogP contribution in [0.4, 0.5) is 0 Å². The van der Waals surface area contributed by atoms with Gasteiger partial charge in [-0.1, -0.05) is 36.4 Å². The predicted molar refractivity (Wildman–Crippen MR) is 114 cm³/mol. The second-order valence-corrected chi connectivity index (χ2v) is 7.57. The smallest absolute Gasteiger partial charge is 0.295 e. The molecular formula is C24H25NO6. The van der Waals surface area contributed by atoms with Gasteiger partial charge in [0.05, 0.1) is 31.9 Å². The Kier molecular flexibility index (Phi) is 5.95. The van der Waals surface area contributed by atoms with Crippen LogP contribution >= 0.6 is 0 Å². The van der Waals surface area contributed by atoms with Crippen molar-refractivity contribution in [1.82, 2.24) is 4.90 Å². The molecule has 7 heteroatoms. The van der Waals surface area contributed by atoms with E-state index in [1.165, 1.54) is 19.1 Å². The summed E-state index contributed by atoms with van der Waals surface area (Å²) >= 11 is 0. The summed E-state index contributed by atoms with van der Waals surface area (Å²) in [4.78, 5) is 27.6. The van der Waals surface area contributed by atoms with E-state index in [1.807, 2.05) is 6.07 Å². The molecule has 1 amide bonds. The fourth-order valence-corrected chi connectivity index (χ4v) is 4.20. The van der Waals surface area contributed by atoms with Crippen molar-refractivity contribution in [2.24, 2.45) is 0 Å². The van der Waals surface area contributed by atoms with E-state index in [4.69, 9.17) is 14.2 Å². The molecule has 31 heavy (non-hydrogen) atoms. The molecule has 0 aromatic heterocycles. The maximum atomic E-state index is 13.1. The highest BCUT2D eigenvalue weighted by atomic mass is 16.5. The number of ether oxygens (including phenoxy) is 3. The van der Waals surface area contributed by atoms with Crippen LogP contribution in [-0.2, 0) is 14.3 Å². The summed E-state index contributed by atoms with van der Waals surface area (Å²) in [6.45, 7) is 0.911. The number of carbonyl (C=O) groups is 2.